The first-order valence-corrected chi connectivity index (χ1v) is 8.70. The van der Waals surface area contributed by atoms with Crippen molar-refractivity contribution in [2.75, 3.05) is 5.48 Å². The Hall–Kier alpha value is -2.34. The smallest absolute Gasteiger partial charge is 0.362 e. The molecular formula is C19H23N3O3. The van der Waals surface area contributed by atoms with Gasteiger partial charge in [0.2, 0.25) is 0 Å². The summed E-state index contributed by atoms with van der Waals surface area (Å²) in [7, 11) is 0. The molecule has 6 heteroatoms. The first-order valence-electron chi connectivity index (χ1n) is 8.70. The fourth-order valence-electron chi connectivity index (χ4n) is 3.41. The molecule has 1 aliphatic carbocycles. The van der Waals surface area contributed by atoms with Gasteiger partial charge in [-0.25, -0.2) is 15.0 Å². The number of hydrogen-bond donors (Lipinski definition) is 1. The Labute approximate surface area is 147 Å². The third-order valence-electron chi connectivity index (χ3n) is 4.76. The summed E-state index contributed by atoms with van der Waals surface area (Å²) in [6.07, 6.45) is 2.87. The van der Waals surface area contributed by atoms with Gasteiger partial charge in [0.15, 0.2) is 5.82 Å². The predicted octanol–water partition coefficient (Wildman–Crippen LogP) is 3.47. The van der Waals surface area contributed by atoms with Crippen LogP contribution in [-0.2, 0) is 15.1 Å². The molecule has 6 nitrogen and oxygen atoms in total. The van der Waals surface area contributed by atoms with Crippen LogP contribution in [0.2, 0.25) is 0 Å². The van der Waals surface area contributed by atoms with Crippen LogP contribution in [0, 0.1) is 0 Å². The van der Waals surface area contributed by atoms with E-state index in [0.717, 1.165) is 18.5 Å². The standard InChI is InChI=1S/C19H23N3O3/c1-19(2,3)22-17(21-25-18(23)12-7-5-4-6-8-12)11-14(20-22)13-9-15-16(10-13)24-15/h4-8,11,13,15-16,21H,9-10H2,1-3H3/t13?,15-,16+. The average molecular weight is 341 g/mol. The average Bonchev–Trinajstić information content (AvgIpc) is 3.00. The molecule has 2 aliphatic rings. The van der Waals surface area contributed by atoms with Crippen molar-refractivity contribution in [1.82, 2.24) is 9.78 Å². The van der Waals surface area contributed by atoms with Crippen molar-refractivity contribution >= 4 is 11.8 Å². The molecule has 25 heavy (non-hydrogen) atoms. The number of epoxide rings is 1. The van der Waals surface area contributed by atoms with Crippen LogP contribution in [0.4, 0.5) is 5.82 Å². The molecule has 3 atom stereocenters. The topological polar surface area (TPSA) is 68.7 Å². The van der Waals surface area contributed by atoms with Crippen molar-refractivity contribution in [1.29, 1.82) is 0 Å². The van der Waals surface area contributed by atoms with Crippen LogP contribution in [0.3, 0.4) is 0 Å². The second-order valence-electron chi connectivity index (χ2n) is 7.78. The molecule has 0 spiro atoms. The normalized spacial score (nSPS) is 24.7. The molecular weight excluding hydrogens is 318 g/mol. The van der Waals surface area contributed by atoms with Gasteiger partial charge in [0.25, 0.3) is 0 Å². The molecule has 2 fully saturated rings. The number of hydrogen-bond acceptors (Lipinski definition) is 5. The van der Waals surface area contributed by atoms with Gasteiger partial charge in [-0.1, -0.05) is 18.2 Å². The SMILES string of the molecule is CC(C)(C)n1nc(C2C[C@@H]3O[C@@H]3C2)cc1NOC(=O)c1ccccc1. The predicted molar refractivity (Wildman–Crippen MR) is 93.3 cm³/mol. The summed E-state index contributed by atoms with van der Waals surface area (Å²) in [5.74, 6) is 0.685. The van der Waals surface area contributed by atoms with Crippen LogP contribution >= 0.6 is 0 Å². The first-order chi connectivity index (χ1) is 11.9. The highest BCUT2D eigenvalue weighted by Crippen LogP contribution is 2.47. The van der Waals surface area contributed by atoms with E-state index in [1.807, 2.05) is 28.9 Å². The summed E-state index contributed by atoms with van der Waals surface area (Å²) in [5, 5.41) is 4.78. The van der Waals surface area contributed by atoms with Crippen LogP contribution in [0.25, 0.3) is 0 Å². The molecule has 0 bridgehead atoms. The Morgan fingerprint density at radius 1 is 1.24 bits per heavy atom. The summed E-state index contributed by atoms with van der Waals surface area (Å²) in [6.45, 7) is 6.22. The lowest BCUT2D eigenvalue weighted by Crippen LogP contribution is -2.26. The van der Waals surface area contributed by atoms with Gasteiger partial charge < -0.3 is 9.57 Å². The van der Waals surface area contributed by atoms with Crippen LogP contribution in [0.15, 0.2) is 36.4 Å². The summed E-state index contributed by atoms with van der Waals surface area (Å²) in [5.41, 5.74) is 4.12. The molecule has 0 radical (unpaired) electrons. The number of fused-ring (bicyclic) bond motifs is 1. The minimum absolute atomic E-state index is 0.224. The zero-order valence-corrected chi connectivity index (χ0v) is 14.7. The number of carbonyl (C=O) groups is 1. The molecule has 2 aromatic rings. The minimum Gasteiger partial charge on any atom is -0.370 e. The van der Waals surface area contributed by atoms with E-state index in [4.69, 9.17) is 14.7 Å². The van der Waals surface area contributed by atoms with E-state index in [2.05, 4.69) is 26.3 Å². The van der Waals surface area contributed by atoms with Gasteiger partial charge in [-0.3, -0.25) is 0 Å². The van der Waals surface area contributed by atoms with Crippen molar-refractivity contribution in [3.8, 4) is 0 Å². The molecule has 1 aromatic carbocycles. The molecule has 132 valence electrons. The highest BCUT2D eigenvalue weighted by Gasteiger charge is 2.49. The molecule has 2 heterocycles. The lowest BCUT2D eigenvalue weighted by Gasteiger charge is -2.22. The maximum Gasteiger partial charge on any atom is 0.362 e. The van der Waals surface area contributed by atoms with Gasteiger partial charge in [0, 0.05) is 12.0 Å². The van der Waals surface area contributed by atoms with Crippen molar-refractivity contribution in [3.05, 3.63) is 47.7 Å². The second-order valence-corrected chi connectivity index (χ2v) is 7.78. The number of ether oxygens (including phenoxy) is 1. The second kappa shape index (κ2) is 5.88. The van der Waals surface area contributed by atoms with E-state index in [1.54, 1.807) is 12.1 Å². The van der Waals surface area contributed by atoms with E-state index in [1.165, 1.54) is 0 Å². The van der Waals surface area contributed by atoms with E-state index in [0.29, 0.717) is 29.5 Å². The maximum atomic E-state index is 12.2. The number of rotatable bonds is 4. The Balaban J connectivity index is 1.51. The Bertz CT molecular complexity index is 769. The summed E-state index contributed by atoms with van der Waals surface area (Å²) in [4.78, 5) is 17.4. The highest BCUT2D eigenvalue weighted by atomic mass is 16.7. The number of benzene rings is 1. The maximum absolute atomic E-state index is 12.2. The molecule has 1 aliphatic heterocycles. The Morgan fingerprint density at radius 3 is 2.56 bits per heavy atom. The molecule has 1 aromatic heterocycles. The molecule has 1 N–H and O–H groups in total. The Kier molecular flexibility index (Phi) is 3.80. The van der Waals surface area contributed by atoms with Crippen molar-refractivity contribution in [2.45, 2.75) is 57.3 Å². The zero-order chi connectivity index (χ0) is 17.6. The minimum atomic E-state index is -0.417. The molecule has 1 unspecified atom stereocenters. The van der Waals surface area contributed by atoms with E-state index in [-0.39, 0.29) is 5.54 Å². The van der Waals surface area contributed by atoms with E-state index >= 15 is 0 Å². The monoisotopic (exact) mass is 341 g/mol. The number of nitrogens with one attached hydrogen (secondary N) is 1. The fraction of sp³-hybridized carbons (Fsp3) is 0.474. The first kappa shape index (κ1) is 16.1. The van der Waals surface area contributed by atoms with Crippen molar-refractivity contribution < 1.29 is 14.4 Å². The van der Waals surface area contributed by atoms with Crippen LogP contribution in [-0.4, -0.2) is 28.0 Å². The number of anilines is 1. The summed E-state index contributed by atoms with van der Waals surface area (Å²) >= 11 is 0. The quantitative estimate of drug-likeness (QED) is 0.681. The number of carbonyl (C=O) groups excluding carboxylic acids is 1. The lowest BCUT2D eigenvalue weighted by molar-refractivity contribution is 0.0591. The van der Waals surface area contributed by atoms with Gasteiger partial charge in [0.1, 0.15) is 0 Å². The third-order valence-corrected chi connectivity index (χ3v) is 4.76. The zero-order valence-electron chi connectivity index (χ0n) is 14.7. The van der Waals surface area contributed by atoms with Gasteiger partial charge >= 0.3 is 5.97 Å². The molecule has 0 amide bonds. The largest absolute Gasteiger partial charge is 0.370 e. The Morgan fingerprint density at radius 2 is 1.92 bits per heavy atom. The highest BCUT2D eigenvalue weighted by molar-refractivity contribution is 5.89. The molecule has 1 saturated heterocycles. The van der Waals surface area contributed by atoms with E-state index < -0.39 is 5.97 Å². The molecule has 4 rings (SSSR count). The fourth-order valence-corrected chi connectivity index (χ4v) is 3.41. The third kappa shape index (κ3) is 3.26. The van der Waals surface area contributed by atoms with Crippen molar-refractivity contribution in [2.24, 2.45) is 0 Å². The number of aromatic nitrogens is 2. The van der Waals surface area contributed by atoms with Crippen LogP contribution < -0.4 is 5.48 Å². The van der Waals surface area contributed by atoms with E-state index in [9.17, 15) is 4.79 Å². The van der Waals surface area contributed by atoms with Crippen LogP contribution in [0.5, 0.6) is 0 Å². The summed E-state index contributed by atoms with van der Waals surface area (Å²) in [6, 6.07) is 10.9. The van der Waals surface area contributed by atoms with Gasteiger partial charge in [-0.15, -0.1) is 0 Å². The summed E-state index contributed by atoms with van der Waals surface area (Å²) < 4.78 is 7.40. The van der Waals surface area contributed by atoms with Gasteiger partial charge in [0.05, 0.1) is 29.0 Å². The van der Waals surface area contributed by atoms with Crippen molar-refractivity contribution in [3.63, 3.8) is 0 Å². The number of nitrogens with zero attached hydrogens (tertiary/aromatic N) is 2. The lowest BCUT2D eigenvalue weighted by atomic mass is 10.0. The molecule has 1 saturated carbocycles. The van der Waals surface area contributed by atoms with Crippen LogP contribution in [0.1, 0.15) is 55.6 Å². The van der Waals surface area contributed by atoms with Gasteiger partial charge in [-0.2, -0.15) is 5.10 Å². The van der Waals surface area contributed by atoms with Gasteiger partial charge in [-0.05, 0) is 45.7 Å².